The fourth-order valence-electron chi connectivity index (χ4n) is 5.95. The van der Waals surface area contributed by atoms with Crippen LogP contribution in [-0.4, -0.2) is 66.3 Å². The number of methoxy groups -OCH3 is 1. The number of hydrogen-bond donors (Lipinski definition) is 3. The van der Waals surface area contributed by atoms with Crippen LogP contribution in [0.5, 0.6) is 5.75 Å². The van der Waals surface area contributed by atoms with E-state index in [0.29, 0.717) is 59.7 Å². The molecule has 3 amide bonds. The lowest BCUT2D eigenvalue weighted by atomic mass is 9.93. The summed E-state index contributed by atoms with van der Waals surface area (Å²) in [6.45, 7) is 13.4. The van der Waals surface area contributed by atoms with Crippen LogP contribution in [0.4, 0.5) is 10.5 Å². The van der Waals surface area contributed by atoms with Crippen molar-refractivity contribution in [3.8, 4) is 27.3 Å². The normalized spacial score (nSPS) is 12.2. The molecule has 2 aromatic heterocycles. The van der Waals surface area contributed by atoms with E-state index in [2.05, 4.69) is 20.9 Å². The van der Waals surface area contributed by atoms with Gasteiger partial charge in [-0.3, -0.25) is 14.4 Å². The zero-order valence-corrected chi connectivity index (χ0v) is 33.8. The number of nitrogens with zero attached hydrogens (tertiary/aromatic N) is 1. The van der Waals surface area contributed by atoms with Crippen LogP contribution >= 0.6 is 11.3 Å². The quantitative estimate of drug-likeness (QED) is 0.102. The predicted molar refractivity (Wildman–Crippen MR) is 213 cm³/mol. The monoisotopic (exact) mass is 784 g/mol. The second kappa shape index (κ2) is 17.4. The number of ether oxygens (including phenoxy) is 4. The lowest BCUT2D eigenvalue weighted by Crippen LogP contribution is -2.32. The molecule has 0 aliphatic carbocycles. The third kappa shape index (κ3) is 10.5. The molecule has 0 saturated carbocycles. The van der Waals surface area contributed by atoms with Crippen molar-refractivity contribution in [1.29, 1.82) is 0 Å². The fraction of sp³-hybridized carbons (Fsp3) is 0.381. The third-order valence-electron chi connectivity index (χ3n) is 8.33. The Kier molecular flexibility index (Phi) is 12.8. The molecule has 56 heavy (non-hydrogen) atoms. The van der Waals surface area contributed by atoms with Crippen molar-refractivity contribution in [2.24, 2.45) is 0 Å². The first-order valence-corrected chi connectivity index (χ1v) is 19.2. The SMILES string of the molecule is CCCNC(=O)c1ccc(-c2cc3c(cc2C(=O)Nc2ccc(CNC(=O)OC(C)(C)C)cc2CC(=O)OC(C)(C)C)-c2sccc2CCO3)c(C(=O)OC)n1. The Labute approximate surface area is 330 Å². The number of thiophene rings is 1. The van der Waals surface area contributed by atoms with Gasteiger partial charge in [0.2, 0.25) is 0 Å². The molecule has 0 spiro atoms. The summed E-state index contributed by atoms with van der Waals surface area (Å²) in [6.07, 6.45) is 0.574. The van der Waals surface area contributed by atoms with E-state index < -0.39 is 41.0 Å². The topological polar surface area (TPSA) is 171 Å². The summed E-state index contributed by atoms with van der Waals surface area (Å²) >= 11 is 1.52. The van der Waals surface area contributed by atoms with E-state index in [1.54, 1.807) is 77.9 Å². The number of amides is 3. The molecule has 0 unspecified atom stereocenters. The van der Waals surface area contributed by atoms with Crippen LogP contribution in [0.3, 0.4) is 0 Å². The Morgan fingerprint density at radius 3 is 2.30 bits per heavy atom. The molecule has 3 heterocycles. The van der Waals surface area contributed by atoms with E-state index in [1.807, 2.05) is 18.4 Å². The average molecular weight is 785 g/mol. The molecule has 14 heteroatoms. The number of aromatic nitrogens is 1. The summed E-state index contributed by atoms with van der Waals surface area (Å²) in [5, 5.41) is 10.5. The number of carbonyl (C=O) groups is 5. The number of anilines is 1. The second-order valence-corrected chi connectivity index (χ2v) is 16.1. The van der Waals surface area contributed by atoms with E-state index in [4.69, 9.17) is 18.9 Å². The van der Waals surface area contributed by atoms with Gasteiger partial charge in [-0.1, -0.05) is 19.1 Å². The van der Waals surface area contributed by atoms with Gasteiger partial charge in [0.05, 0.1) is 20.1 Å². The summed E-state index contributed by atoms with van der Waals surface area (Å²) in [4.78, 5) is 71.7. The van der Waals surface area contributed by atoms with Crippen LogP contribution in [0.15, 0.2) is 53.9 Å². The van der Waals surface area contributed by atoms with Crippen LogP contribution in [0, 0.1) is 0 Å². The highest BCUT2D eigenvalue weighted by atomic mass is 32.1. The molecule has 3 N–H and O–H groups in total. The molecule has 13 nitrogen and oxygen atoms in total. The molecule has 0 saturated heterocycles. The van der Waals surface area contributed by atoms with Crippen LogP contribution in [0.25, 0.3) is 21.6 Å². The van der Waals surface area contributed by atoms with Gasteiger partial charge in [0.1, 0.15) is 22.6 Å². The number of benzene rings is 2. The number of carbonyl (C=O) groups excluding carboxylic acids is 5. The van der Waals surface area contributed by atoms with E-state index in [1.165, 1.54) is 24.5 Å². The number of fused-ring (bicyclic) bond motifs is 3. The average Bonchev–Trinajstić information content (AvgIpc) is 3.52. The minimum Gasteiger partial charge on any atom is -0.493 e. The first-order chi connectivity index (χ1) is 26.5. The first kappa shape index (κ1) is 41.4. The largest absolute Gasteiger partial charge is 0.493 e. The molecular weight excluding hydrogens is 737 g/mol. The minimum absolute atomic E-state index is 0.0101. The summed E-state index contributed by atoms with van der Waals surface area (Å²) in [7, 11) is 1.21. The van der Waals surface area contributed by atoms with Crippen LogP contribution < -0.4 is 20.7 Å². The van der Waals surface area contributed by atoms with Gasteiger partial charge >= 0.3 is 18.0 Å². The second-order valence-electron chi connectivity index (χ2n) is 15.2. The molecule has 2 aromatic carbocycles. The summed E-state index contributed by atoms with van der Waals surface area (Å²) in [5.41, 5.74) is 2.30. The molecule has 0 fully saturated rings. The molecule has 296 valence electrons. The molecular formula is C42H48N4O9S. The molecule has 1 aliphatic heterocycles. The molecule has 0 bridgehead atoms. The number of nitrogens with one attached hydrogen (secondary N) is 3. The van der Waals surface area contributed by atoms with Crippen molar-refractivity contribution in [2.75, 3.05) is 25.6 Å². The van der Waals surface area contributed by atoms with E-state index >= 15 is 0 Å². The third-order valence-corrected chi connectivity index (χ3v) is 9.32. The Morgan fingerprint density at radius 2 is 1.61 bits per heavy atom. The molecule has 0 atom stereocenters. The van der Waals surface area contributed by atoms with Crippen LogP contribution in [0.2, 0.25) is 0 Å². The minimum atomic E-state index is -0.803. The van der Waals surface area contributed by atoms with Crippen molar-refractivity contribution in [1.82, 2.24) is 15.6 Å². The Bertz CT molecular complexity index is 2150. The van der Waals surface area contributed by atoms with Crippen molar-refractivity contribution in [2.45, 2.75) is 85.5 Å². The van der Waals surface area contributed by atoms with E-state index in [9.17, 15) is 24.0 Å². The van der Waals surface area contributed by atoms with Crippen molar-refractivity contribution in [3.63, 3.8) is 0 Å². The number of esters is 2. The number of hydrogen-bond acceptors (Lipinski definition) is 11. The van der Waals surface area contributed by atoms with Gasteiger partial charge in [0.25, 0.3) is 11.8 Å². The maximum atomic E-state index is 14.6. The maximum Gasteiger partial charge on any atom is 0.407 e. The van der Waals surface area contributed by atoms with E-state index in [0.717, 1.165) is 10.4 Å². The van der Waals surface area contributed by atoms with Gasteiger partial charge in [-0.15, -0.1) is 11.3 Å². The van der Waals surface area contributed by atoms with Crippen molar-refractivity contribution in [3.05, 3.63) is 87.6 Å². The van der Waals surface area contributed by atoms with Crippen LogP contribution in [0.1, 0.15) is 103 Å². The van der Waals surface area contributed by atoms with Gasteiger partial charge in [0.15, 0.2) is 5.69 Å². The van der Waals surface area contributed by atoms with Gasteiger partial charge in [-0.05, 0) is 106 Å². The number of pyridine rings is 1. The lowest BCUT2D eigenvalue weighted by molar-refractivity contribution is -0.153. The molecule has 0 radical (unpaired) electrons. The standard InChI is InChI=1S/C42H48N4O9S/c1-9-16-43-38(49)32-13-11-27(35(45-32)39(50)52-8)28-22-33-30(36-25(14-17-53-33)15-18-56-36)21-29(28)37(48)46-31-12-10-24(23-44-40(51)55-42(5,6)7)19-26(31)20-34(47)54-41(2,3)4/h10-13,15,18-19,21-22H,9,14,16-17,20,23H2,1-8H3,(H,43,49)(H,44,51)(H,46,48). The van der Waals surface area contributed by atoms with Gasteiger partial charge < -0.3 is 34.9 Å². The smallest absolute Gasteiger partial charge is 0.407 e. The highest BCUT2D eigenvalue weighted by molar-refractivity contribution is 7.13. The van der Waals surface area contributed by atoms with Gasteiger partial charge in [-0.2, -0.15) is 0 Å². The maximum absolute atomic E-state index is 14.6. The number of rotatable bonds is 11. The van der Waals surface area contributed by atoms with Gasteiger partial charge in [-0.25, -0.2) is 14.6 Å². The molecule has 4 aromatic rings. The highest BCUT2D eigenvalue weighted by Gasteiger charge is 2.28. The zero-order chi connectivity index (χ0) is 40.8. The lowest BCUT2D eigenvalue weighted by Gasteiger charge is -2.21. The van der Waals surface area contributed by atoms with Crippen LogP contribution in [-0.2, 0) is 38.4 Å². The molecule has 1 aliphatic rings. The van der Waals surface area contributed by atoms with E-state index in [-0.39, 0.29) is 35.5 Å². The summed E-state index contributed by atoms with van der Waals surface area (Å²) in [6, 6.07) is 13.6. The highest BCUT2D eigenvalue weighted by Crippen LogP contribution is 2.43. The Morgan fingerprint density at radius 1 is 0.857 bits per heavy atom. The summed E-state index contributed by atoms with van der Waals surface area (Å²) < 4.78 is 22.3. The predicted octanol–water partition coefficient (Wildman–Crippen LogP) is 7.50. The first-order valence-electron chi connectivity index (χ1n) is 18.3. The van der Waals surface area contributed by atoms with Crippen molar-refractivity contribution >= 4 is 46.9 Å². The molecule has 5 rings (SSSR count). The van der Waals surface area contributed by atoms with Crippen molar-refractivity contribution < 1.29 is 42.9 Å². The number of alkyl carbamates (subject to hydrolysis) is 1. The Balaban J connectivity index is 1.61. The van der Waals surface area contributed by atoms with Gasteiger partial charge in [0, 0.05) is 52.3 Å². The Hall–Kier alpha value is -5.76. The summed E-state index contributed by atoms with van der Waals surface area (Å²) in [5.74, 6) is -1.83. The zero-order valence-electron chi connectivity index (χ0n) is 33.0. The fourth-order valence-corrected chi connectivity index (χ4v) is 6.92.